The first kappa shape index (κ1) is 30.6. The summed E-state index contributed by atoms with van der Waals surface area (Å²) in [6, 6.07) is 16.0. The molecule has 4 heteroatoms. The minimum atomic E-state index is -1.12. The fourth-order valence-electron chi connectivity index (χ4n) is 4.88. The van der Waals surface area contributed by atoms with E-state index >= 15 is 0 Å². The van der Waals surface area contributed by atoms with E-state index in [-0.39, 0.29) is 17.2 Å². The molecule has 0 aliphatic carbocycles. The zero-order valence-corrected chi connectivity index (χ0v) is 23.0. The SMILES string of the molecule is CCCCCCCCCCCCCCCCCCC(OC(=O)c1ccccc1C(=O)O)c1ccccc1. The fraction of sp³-hybridized carbons (Fsp3) is 0.576. The van der Waals surface area contributed by atoms with E-state index in [9.17, 15) is 14.7 Å². The highest BCUT2D eigenvalue weighted by Crippen LogP contribution is 2.26. The highest BCUT2D eigenvalue weighted by molar-refractivity contribution is 6.02. The Morgan fingerprint density at radius 3 is 1.54 bits per heavy atom. The predicted octanol–water partition coefficient (Wildman–Crippen LogP) is 9.93. The Morgan fingerprint density at radius 2 is 1.05 bits per heavy atom. The van der Waals surface area contributed by atoms with Crippen LogP contribution in [0.1, 0.15) is 148 Å². The zero-order valence-electron chi connectivity index (χ0n) is 23.0. The Labute approximate surface area is 224 Å². The van der Waals surface area contributed by atoms with Crippen LogP contribution < -0.4 is 0 Å². The lowest BCUT2D eigenvalue weighted by Gasteiger charge is -2.19. The summed E-state index contributed by atoms with van der Waals surface area (Å²) < 4.78 is 5.84. The van der Waals surface area contributed by atoms with Crippen molar-refractivity contribution in [3.05, 3.63) is 71.3 Å². The maximum Gasteiger partial charge on any atom is 0.339 e. The number of unbranched alkanes of at least 4 members (excludes halogenated alkanes) is 15. The summed E-state index contributed by atoms with van der Waals surface area (Å²) in [5.74, 6) is -1.70. The van der Waals surface area contributed by atoms with Crippen molar-refractivity contribution in [2.75, 3.05) is 0 Å². The summed E-state index contributed by atoms with van der Waals surface area (Å²) in [5.41, 5.74) is 1.02. The van der Waals surface area contributed by atoms with E-state index < -0.39 is 11.9 Å². The molecule has 2 aromatic rings. The van der Waals surface area contributed by atoms with Crippen LogP contribution in [0.25, 0.3) is 0 Å². The smallest absolute Gasteiger partial charge is 0.339 e. The molecule has 4 nitrogen and oxygen atoms in total. The van der Waals surface area contributed by atoms with Gasteiger partial charge in [0.1, 0.15) is 6.10 Å². The van der Waals surface area contributed by atoms with Gasteiger partial charge in [-0.2, -0.15) is 0 Å². The van der Waals surface area contributed by atoms with Crippen molar-refractivity contribution < 1.29 is 19.4 Å². The molecule has 0 radical (unpaired) electrons. The zero-order chi connectivity index (χ0) is 26.6. The Balaban J connectivity index is 1.62. The average molecular weight is 509 g/mol. The van der Waals surface area contributed by atoms with Crippen LogP contribution in [-0.2, 0) is 4.74 Å². The second-order valence-corrected chi connectivity index (χ2v) is 10.2. The molecular weight excluding hydrogens is 460 g/mol. The number of esters is 1. The third-order valence-electron chi connectivity index (χ3n) is 7.12. The number of carboxylic acid groups (broad SMARTS) is 1. The Bertz CT molecular complexity index is 877. The highest BCUT2D eigenvalue weighted by Gasteiger charge is 2.22. The van der Waals surface area contributed by atoms with Gasteiger partial charge >= 0.3 is 11.9 Å². The fourth-order valence-corrected chi connectivity index (χ4v) is 4.88. The lowest BCUT2D eigenvalue weighted by molar-refractivity contribution is 0.0265. The highest BCUT2D eigenvalue weighted by atomic mass is 16.5. The molecule has 37 heavy (non-hydrogen) atoms. The first-order valence-corrected chi connectivity index (χ1v) is 14.7. The Hall–Kier alpha value is -2.62. The molecule has 0 aliphatic heterocycles. The molecule has 0 saturated heterocycles. The minimum absolute atomic E-state index is 0.0262. The van der Waals surface area contributed by atoms with Crippen LogP contribution in [0.3, 0.4) is 0 Å². The summed E-state index contributed by atoms with van der Waals surface area (Å²) in [6.07, 6.45) is 21.5. The van der Waals surface area contributed by atoms with Crippen LogP contribution >= 0.6 is 0 Å². The first-order chi connectivity index (χ1) is 18.1. The molecule has 2 rings (SSSR count). The molecule has 0 aromatic heterocycles. The van der Waals surface area contributed by atoms with E-state index in [1.165, 1.54) is 102 Å². The summed E-state index contributed by atoms with van der Waals surface area (Å²) in [4.78, 5) is 24.4. The lowest BCUT2D eigenvalue weighted by Crippen LogP contribution is -2.15. The van der Waals surface area contributed by atoms with Gasteiger partial charge in [-0.3, -0.25) is 0 Å². The molecule has 0 saturated carbocycles. The third kappa shape index (κ3) is 13.0. The maximum atomic E-state index is 12.8. The topological polar surface area (TPSA) is 63.6 Å². The number of carbonyl (C=O) groups excluding carboxylic acids is 1. The number of aromatic carboxylic acids is 1. The number of rotatable bonds is 21. The van der Waals surface area contributed by atoms with Gasteiger partial charge in [0.2, 0.25) is 0 Å². The molecule has 2 aromatic carbocycles. The quantitative estimate of drug-likeness (QED) is 0.135. The summed E-state index contributed by atoms with van der Waals surface area (Å²) >= 11 is 0. The van der Waals surface area contributed by atoms with E-state index in [0.29, 0.717) is 0 Å². The number of hydrogen-bond acceptors (Lipinski definition) is 3. The molecule has 204 valence electrons. The van der Waals surface area contributed by atoms with Crippen molar-refractivity contribution >= 4 is 11.9 Å². The Kier molecular flexibility index (Phi) is 16.1. The van der Waals surface area contributed by atoms with Crippen molar-refractivity contribution in [1.82, 2.24) is 0 Å². The van der Waals surface area contributed by atoms with Crippen LogP contribution in [0.4, 0.5) is 0 Å². The van der Waals surface area contributed by atoms with Crippen molar-refractivity contribution in [3.8, 4) is 0 Å². The lowest BCUT2D eigenvalue weighted by atomic mass is 10.0. The van der Waals surface area contributed by atoms with E-state index in [1.807, 2.05) is 30.3 Å². The molecule has 0 bridgehead atoms. The van der Waals surface area contributed by atoms with E-state index in [2.05, 4.69) is 6.92 Å². The van der Waals surface area contributed by atoms with E-state index in [4.69, 9.17) is 4.74 Å². The summed E-state index contributed by atoms with van der Waals surface area (Å²) in [5, 5.41) is 9.42. The van der Waals surface area contributed by atoms with E-state index in [0.717, 1.165) is 24.8 Å². The second-order valence-electron chi connectivity index (χ2n) is 10.2. The molecule has 0 spiro atoms. The van der Waals surface area contributed by atoms with Gasteiger partial charge in [0.05, 0.1) is 11.1 Å². The van der Waals surface area contributed by atoms with Crippen molar-refractivity contribution in [2.45, 2.75) is 122 Å². The molecule has 1 atom stereocenters. The van der Waals surface area contributed by atoms with Gasteiger partial charge in [-0.05, 0) is 30.5 Å². The molecular formula is C33H48O4. The minimum Gasteiger partial charge on any atom is -0.478 e. The number of carbonyl (C=O) groups is 2. The standard InChI is InChI=1S/C33H48O4/c1-2-3-4-5-6-7-8-9-10-11-12-13-14-15-16-20-27-31(28-23-18-17-19-24-28)37-33(36)30-26-22-21-25-29(30)32(34)35/h17-19,21-26,31H,2-16,20,27H2,1H3,(H,34,35). The number of carboxylic acids is 1. The van der Waals surface area contributed by atoms with Gasteiger partial charge in [-0.1, -0.05) is 146 Å². The van der Waals surface area contributed by atoms with Gasteiger partial charge in [0.15, 0.2) is 0 Å². The molecule has 0 heterocycles. The van der Waals surface area contributed by atoms with Gasteiger partial charge in [-0.15, -0.1) is 0 Å². The average Bonchev–Trinajstić information content (AvgIpc) is 2.92. The van der Waals surface area contributed by atoms with Gasteiger partial charge in [-0.25, -0.2) is 9.59 Å². The molecule has 0 aliphatic rings. The van der Waals surface area contributed by atoms with Crippen LogP contribution in [0.15, 0.2) is 54.6 Å². The van der Waals surface area contributed by atoms with Crippen molar-refractivity contribution in [2.24, 2.45) is 0 Å². The first-order valence-electron chi connectivity index (χ1n) is 14.7. The number of ether oxygens (including phenoxy) is 1. The molecule has 0 amide bonds. The Morgan fingerprint density at radius 1 is 0.622 bits per heavy atom. The molecule has 1 unspecified atom stereocenters. The monoisotopic (exact) mass is 508 g/mol. The van der Waals surface area contributed by atoms with Crippen molar-refractivity contribution in [3.63, 3.8) is 0 Å². The second kappa shape index (κ2) is 19.5. The van der Waals surface area contributed by atoms with Crippen molar-refractivity contribution in [1.29, 1.82) is 0 Å². The normalized spacial score (nSPS) is 11.8. The number of hydrogen-bond donors (Lipinski definition) is 1. The molecule has 1 N–H and O–H groups in total. The summed E-state index contributed by atoms with van der Waals surface area (Å²) in [7, 11) is 0. The largest absolute Gasteiger partial charge is 0.478 e. The van der Waals surface area contributed by atoms with Gasteiger partial charge in [0.25, 0.3) is 0 Å². The van der Waals surface area contributed by atoms with Crippen LogP contribution in [-0.4, -0.2) is 17.0 Å². The maximum absolute atomic E-state index is 12.8. The third-order valence-corrected chi connectivity index (χ3v) is 7.12. The summed E-state index contributed by atoms with van der Waals surface area (Å²) in [6.45, 7) is 2.27. The van der Waals surface area contributed by atoms with Crippen LogP contribution in [0.2, 0.25) is 0 Å². The van der Waals surface area contributed by atoms with Crippen LogP contribution in [0, 0.1) is 0 Å². The van der Waals surface area contributed by atoms with E-state index in [1.54, 1.807) is 12.1 Å². The number of benzene rings is 2. The van der Waals surface area contributed by atoms with Crippen LogP contribution in [0.5, 0.6) is 0 Å². The van der Waals surface area contributed by atoms with Gasteiger partial charge in [0, 0.05) is 0 Å². The predicted molar refractivity (Wildman–Crippen MR) is 152 cm³/mol. The van der Waals surface area contributed by atoms with Gasteiger partial charge < -0.3 is 9.84 Å². The molecule has 0 fully saturated rings.